The lowest BCUT2D eigenvalue weighted by Crippen LogP contribution is -2.55. The van der Waals surface area contributed by atoms with Crippen LogP contribution < -0.4 is 10.1 Å². The number of nitrogens with one attached hydrogen (secondary N) is 1. The van der Waals surface area contributed by atoms with Crippen LogP contribution in [0.25, 0.3) is 6.08 Å². The molecule has 2 N–H and O–H groups in total. The highest BCUT2D eigenvalue weighted by Crippen LogP contribution is 2.34. The van der Waals surface area contributed by atoms with Gasteiger partial charge < -0.3 is 15.2 Å². The minimum atomic E-state index is -0.807. The zero-order valence-electron chi connectivity index (χ0n) is 15.0. The number of ether oxygens (including phenoxy) is 1. The normalized spacial score (nSPS) is 23.7. The van der Waals surface area contributed by atoms with Gasteiger partial charge in [0.2, 0.25) is 0 Å². The van der Waals surface area contributed by atoms with Crippen molar-refractivity contribution >= 4 is 18.0 Å². The molecule has 2 saturated carbocycles. The maximum Gasteiger partial charge on any atom is 0.317 e. The average Bonchev–Trinajstić information content (AvgIpc) is 3.40. The summed E-state index contributed by atoms with van der Waals surface area (Å²) in [6, 6.07) is 4.48. The van der Waals surface area contributed by atoms with Crippen LogP contribution in [0.3, 0.4) is 0 Å². The molecule has 1 aliphatic heterocycles. The Hall–Kier alpha value is -2.41. The standard InChI is InChI=1S/C20H23FN2O4/c21-15-3-4-18-13(6-15)5-14(11-27-18)20(26)22-16-7-17(8-16)23(10-19(24)25)9-12-1-2-12/h3-6,12,16-17H,1-2,7-11H2,(H,22,26)(H,24,25). The van der Waals surface area contributed by atoms with Crippen LogP contribution in [-0.4, -0.2) is 53.7 Å². The number of rotatable bonds is 7. The Morgan fingerprint density at radius 2 is 2.07 bits per heavy atom. The number of nitrogens with zero attached hydrogens (tertiary/aromatic N) is 1. The third kappa shape index (κ3) is 4.30. The van der Waals surface area contributed by atoms with Gasteiger partial charge in [0.05, 0.1) is 12.1 Å². The number of carbonyl (C=O) groups is 2. The highest BCUT2D eigenvalue weighted by Gasteiger charge is 2.38. The monoisotopic (exact) mass is 374 g/mol. The molecule has 2 aliphatic carbocycles. The Morgan fingerprint density at radius 3 is 2.78 bits per heavy atom. The molecule has 144 valence electrons. The summed E-state index contributed by atoms with van der Waals surface area (Å²) in [6.07, 6.45) is 5.53. The highest BCUT2D eigenvalue weighted by molar-refractivity contribution is 5.99. The second-order valence-corrected chi connectivity index (χ2v) is 7.70. The van der Waals surface area contributed by atoms with E-state index in [1.165, 1.54) is 25.0 Å². The zero-order valence-corrected chi connectivity index (χ0v) is 15.0. The van der Waals surface area contributed by atoms with Crippen molar-refractivity contribution in [1.29, 1.82) is 0 Å². The molecular formula is C20H23FN2O4. The Balaban J connectivity index is 1.31. The highest BCUT2D eigenvalue weighted by atomic mass is 19.1. The van der Waals surface area contributed by atoms with E-state index in [0.717, 1.165) is 19.4 Å². The molecule has 27 heavy (non-hydrogen) atoms. The number of fused-ring (bicyclic) bond motifs is 1. The molecular weight excluding hydrogens is 351 g/mol. The fraction of sp³-hybridized carbons (Fsp3) is 0.500. The largest absolute Gasteiger partial charge is 0.488 e. The molecule has 0 atom stereocenters. The second-order valence-electron chi connectivity index (χ2n) is 7.70. The summed E-state index contributed by atoms with van der Waals surface area (Å²) in [5.41, 5.74) is 1.03. The van der Waals surface area contributed by atoms with Gasteiger partial charge in [-0.15, -0.1) is 0 Å². The van der Waals surface area contributed by atoms with Crippen LogP contribution in [0.15, 0.2) is 23.8 Å². The Morgan fingerprint density at radius 1 is 1.30 bits per heavy atom. The maximum atomic E-state index is 13.4. The summed E-state index contributed by atoms with van der Waals surface area (Å²) in [7, 11) is 0. The Labute approximate surface area is 157 Å². The lowest BCUT2D eigenvalue weighted by atomic mass is 9.85. The van der Waals surface area contributed by atoms with Crippen LogP contribution in [0.1, 0.15) is 31.2 Å². The van der Waals surface area contributed by atoms with Gasteiger partial charge in [0, 0.05) is 24.2 Å². The van der Waals surface area contributed by atoms with Crippen LogP contribution in [0.5, 0.6) is 5.75 Å². The Bertz CT molecular complexity index is 784. The first-order valence-corrected chi connectivity index (χ1v) is 9.37. The fourth-order valence-electron chi connectivity index (χ4n) is 3.71. The van der Waals surface area contributed by atoms with Crippen LogP contribution in [0.4, 0.5) is 4.39 Å². The molecule has 0 radical (unpaired) electrons. The van der Waals surface area contributed by atoms with Gasteiger partial charge in [0.25, 0.3) is 5.91 Å². The summed E-state index contributed by atoms with van der Waals surface area (Å²) in [6.45, 7) is 1.05. The molecule has 4 rings (SSSR count). The van der Waals surface area contributed by atoms with Gasteiger partial charge >= 0.3 is 5.97 Å². The van der Waals surface area contributed by atoms with E-state index in [1.54, 1.807) is 12.1 Å². The SMILES string of the molecule is O=C(O)CN(CC1CC1)C1CC(NC(=O)C2=Cc3cc(F)ccc3OC2)C1. The van der Waals surface area contributed by atoms with Gasteiger partial charge in [-0.05, 0) is 55.9 Å². The van der Waals surface area contributed by atoms with Crippen LogP contribution >= 0.6 is 0 Å². The summed E-state index contributed by atoms with van der Waals surface area (Å²) in [5.74, 6) is -0.186. The van der Waals surface area contributed by atoms with E-state index in [1.807, 2.05) is 4.90 Å². The smallest absolute Gasteiger partial charge is 0.317 e. The zero-order chi connectivity index (χ0) is 19.0. The molecule has 0 unspecified atom stereocenters. The van der Waals surface area contributed by atoms with Crippen molar-refractivity contribution in [2.45, 2.75) is 37.8 Å². The first kappa shape index (κ1) is 18.0. The molecule has 0 spiro atoms. The van der Waals surface area contributed by atoms with Gasteiger partial charge in [-0.1, -0.05) is 0 Å². The molecule has 3 aliphatic rings. The topological polar surface area (TPSA) is 78.9 Å². The molecule has 2 fully saturated rings. The predicted molar refractivity (Wildman–Crippen MR) is 96.8 cm³/mol. The van der Waals surface area contributed by atoms with Crippen molar-refractivity contribution in [2.75, 3.05) is 19.7 Å². The third-order valence-corrected chi connectivity index (χ3v) is 5.47. The first-order valence-electron chi connectivity index (χ1n) is 9.37. The predicted octanol–water partition coefficient (Wildman–Crippen LogP) is 2.05. The molecule has 1 amide bonds. The van der Waals surface area contributed by atoms with E-state index in [2.05, 4.69) is 5.32 Å². The lowest BCUT2D eigenvalue weighted by molar-refractivity contribution is -0.140. The molecule has 0 bridgehead atoms. The quantitative estimate of drug-likeness (QED) is 0.764. The average molecular weight is 374 g/mol. The van der Waals surface area contributed by atoms with Crippen molar-refractivity contribution in [1.82, 2.24) is 10.2 Å². The number of carboxylic acids is 1. The van der Waals surface area contributed by atoms with Crippen molar-refractivity contribution in [2.24, 2.45) is 5.92 Å². The van der Waals surface area contributed by atoms with Gasteiger partial charge in [-0.3, -0.25) is 14.5 Å². The second kappa shape index (κ2) is 7.31. The number of carbonyl (C=O) groups excluding carboxylic acids is 1. The number of benzene rings is 1. The van der Waals surface area contributed by atoms with E-state index >= 15 is 0 Å². The Kier molecular flexibility index (Phi) is 4.86. The van der Waals surface area contributed by atoms with Crippen molar-refractivity contribution in [3.8, 4) is 5.75 Å². The van der Waals surface area contributed by atoms with Gasteiger partial charge in [0.1, 0.15) is 18.2 Å². The molecule has 6 nitrogen and oxygen atoms in total. The van der Waals surface area contributed by atoms with Crippen LogP contribution in [0, 0.1) is 11.7 Å². The van der Waals surface area contributed by atoms with Gasteiger partial charge in [0.15, 0.2) is 0 Å². The number of hydrogen-bond acceptors (Lipinski definition) is 4. The first-order chi connectivity index (χ1) is 13.0. The van der Waals surface area contributed by atoms with Crippen molar-refractivity contribution < 1.29 is 23.8 Å². The minimum Gasteiger partial charge on any atom is -0.488 e. The number of halogens is 1. The van der Waals surface area contributed by atoms with E-state index in [9.17, 15) is 14.0 Å². The summed E-state index contributed by atoms with van der Waals surface area (Å²) >= 11 is 0. The van der Waals surface area contributed by atoms with Gasteiger partial charge in [-0.2, -0.15) is 0 Å². The molecule has 7 heteroatoms. The lowest BCUT2D eigenvalue weighted by Gasteiger charge is -2.42. The summed E-state index contributed by atoms with van der Waals surface area (Å²) in [4.78, 5) is 25.6. The molecule has 0 saturated heterocycles. The van der Waals surface area contributed by atoms with Crippen molar-refractivity contribution in [3.63, 3.8) is 0 Å². The molecule has 0 aromatic heterocycles. The molecule has 1 aromatic rings. The van der Waals surface area contributed by atoms with E-state index in [-0.39, 0.29) is 37.0 Å². The third-order valence-electron chi connectivity index (χ3n) is 5.47. The van der Waals surface area contributed by atoms with E-state index in [4.69, 9.17) is 9.84 Å². The summed E-state index contributed by atoms with van der Waals surface area (Å²) in [5, 5.41) is 12.1. The fourth-order valence-corrected chi connectivity index (χ4v) is 3.71. The number of hydrogen-bond donors (Lipinski definition) is 2. The van der Waals surface area contributed by atoms with E-state index < -0.39 is 5.97 Å². The van der Waals surface area contributed by atoms with Gasteiger partial charge in [-0.25, -0.2) is 4.39 Å². The molecule has 1 heterocycles. The summed E-state index contributed by atoms with van der Waals surface area (Å²) < 4.78 is 18.9. The maximum absolute atomic E-state index is 13.4. The number of aliphatic carboxylic acids is 1. The van der Waals surface area contributed by atoms with Crippen LogP contribution in [-0.2, 0) is 9.59 Å². The number of carboxylic acid groups (broad SMARTS) is 1. The van der Waals surface area contributed by atoms with E-state index in [0.29, 0.717) is 22.8 Å². The van der Waals surface area contributed by atoms with Crippen LogP contribution in [0.2, 0.25) is 0 Å². The van der Waals surface area contributed by atoms with Crippen molar-refractivity contribution in [3.05, 3.63) is 35.2 Å². The number of amides is 1. The molecule has 1 aromatic carbocycles. The minimum absolute atomic E-state index is 0.0350.